The first-order valence-corrected chi connectivity index (χ1v) is 13.3. The number of benzene rings is 3. The van der Waals surface area contributed by atoms with Crippen molar-refractivity contribution in [3.8, 4) is 5.75 Å². The first-order chi connectivity index (χ1) is 15.9. The fraction of sp³-hybridized carbons (Fsp3) is 0.250. The van der Waals surface area contributed by atoms with Crippen LogP contribution < -0.4 is 9.64 Å². The Hall–Kier alpha value is -3.17. The van der Waals surface area contributed by atoms with Gasteiger partial charge in [-0.05, 0) is 35.0 Å². The number of rotatable bonds is 5. The maximum atomic E-state index is 12.7. The minimum atomic E-state index is -3.35. The molecule has 0 saturated carbocycles. The average molecular weight is 482 g/mol. The molecule has 2 heterocycles. The summed E-state index contributed by atoms with van der Waals surface area (Å²) < 4.78 is 30.7. The first kappa shape index (κ1) is 21.7. The van der Waals surface area contributed by atoms with Crippen LogP contribution in [0, 0.1) is 0 Å². The molecule has 1 amide bonds. The second-order valence-corrected chi connectivity index (χ2v) is 11.0. The van der Waals surface area contributed by atoms with E-state index in [0.717, 1.165) is 20.6 Å². The number of ether oxygens (including phenoxy) is 1. The second kappa shape index (κ2) is 8.64. The third-order valence-corrected chi connectivity index (χ3v) is 7.97. The molecule has 0 N–H and O–H groups in total. The lowest BCUT2D eigenvalue weighted by Crippen LogP contribution is -2.50. The van der Waals surface area contributed by atoms with Crippen molar-refractivity contribution in [1.29, 1.82) is 0 Å². The predicted molar refractivity (Wildman–Crippen MR) is 131 cm³/mol. The van der Waals surface area contributed by atoms with E-state index in [2.05, 4.69) is 9.88 Å². The smallest absolute Gasteiger partial charge is 0.260 e. The van der Waals surface area contributed by atoms with Crippen molar-refractivity contribution in [3.63, 3.8) is 0 Å². The number of sulfone groups is 1. The van der Waals surface area contributed by atoms with E-state index in [1.807, 2.05) is 48.5 Å². The first-order valence-electron chi connectivity index (χ1n) is 10.6. The Bertz CT molecular complexity index is 1440. The molecule has 0 aliphatic carbocycles. The highest BCUT2D eigenvalue weighted by Gasteiger charge is 2.24. The van der Waals surface area contributed by atoms with Gasteiger partial charge in [-0.3, -0.25) is 4.79 Å². The van der Waals surface area contributed by atoms with Crippen LogP contribution in [0.3, 0.4) is 0 Å². The number of thiazole rings is 1. The Balaban J connectivity index is 1.21. The Morgan fingerprint density at radius 1 is 1.00 bits per heavy atom. The summed E-state index contributed by atoms with van der Waals surface area (Å²) in [7, 11) is -3.35. The molecule has 9 heteroatoms. The zero-order valence-corrected chi connectivity index (χ0v) is 19.7. The van der Waals surface area contributed by atoms with E-state index in [0.29, 0.717) is 37.4 Å². The lowest BCUT2D eigenvalue weighted by molar-refractivity contribution is -0.133. The molecule has 33 heavy (non-hydrogen) atoms. The molecular weight excluding hydrogens is 458 g/mol. The van der Waals surface area contributed by atoms with Gasteiger partial charge in [-0.1, -0.05) is 47.7 Å². The van der Waals surface area contributed by atoms with Crippen LogP contribution in [0.25, 0.3) is 21.0 Å². The van der Waals surface area contributed by atoms with Crippen LogP contribution in [-0.4, -0.2) is 63.3 Å². The third kappa shape index (κ3) is 4.51. The Kier molecular flexibility index (Phi) is 5.67. The second-order valence-electron chi connectivity index (χ2n) is 8.04. The molecule has 0 spiro atoms. The number of anilines is 1. The summed E-state index contributed by atoms with van der Waals surface area (Å²) in [5.74, 6) is 0.628. The van der Waals surface area contributed by atoms with Crippen LogP contribution in [0.5, 0.6) is 5.75 Å². The van der Waals surface area contributed by atoms with Crippen LogP contribution in [-0.2, 0) is 14.6 Å². The number of hydrogen-bond acceptors (Lipinski definition) is 7. The predicted octanol–water partition coefficient (Wildman–Crippen LogP) is 3.58. The van der Waals surface area contributed by atoms with Crippen molar-refractivity contribution in [2.75, 3.05) is 43.9 Å². The summed E-state index contributed by atoms with van der Waals surface area (Å²) in [6, 6.07) is 19.1. The standard InChI is InChI=1S/C24H23N3O4S2/c1-33(29,30)21-8-4-7-20-23(21)25-24(32-20)27-13-11-26(12-14-27)22(28)16-31-19-10-9-17-5-2-3-6-18(17)15-19/h2-10,15H,11-14,16H2,1H3. The number of amides is 1. The third-order valence-electron chi connectivity index (χ3n) is 5.76. The fourth-order valence-electron chi connectivity index (χ4n) is 3.99. The van der Waals surface area contributed by atoms with Crippen LogP contribution in [0.2, 0.25) is 0 Å². The van der Waals surface area contributed by atoms with Crippen molar-refractivity contribution < 1.29 is 17.9 Å². The maximum absolute atomic E-state index is 12.7. The number of carbonyl (C=O) groups excluding carboxylic acids is 1. The van der Waals surface area contributed by atoms with Crippen LogP contribution >= 0.6 is 11.3 Å². The van der Waals surface area contributed by atoms with E-state index < -0.39 is 9.84 Å². The van der Waals surface area contributed by atoms with Crippen LogP contribution in [0.1, 0.15) is 0 Å². The number of nitrogens with zero attached hydrogens (tertiary/aromatic N) is 3. The van der Waals surface area contributed by atoms with Crippen LogP contribution in [0.15, 0.2) is 65.6 Å². The molecule has 1 aliphatic heterocycles. The number of aromatic nitrogens is 1. The zero-order chi connectivity index (χ0) is 23.0. The number of para-hydroxylation sites is 1. The van der Waals surface area contributed by atoms with Gasteiger partial charge in [-0.2, -0.15) is 0 Å². The van der Waals surface area contributed by atoms with Gasteiger partial charge in [-0.25, -0.2) is 13.4 Å². The highest BCUT2D eigenvalue weighted by atomic mass is 32.2. The summed E-state index contributed by atoms with van der Waals surface area (Å²) in [4.78, 5) is 21.4. The molecule has 1 aliphatic rings. The summed E-state index contributed by atoms with van der Waals surface area (Å²) >= 11 is 1.47. The van der Waals surface area contributed by atoms with Crippen molar-refractivity contribution in [2.24, 2.45) is 0 Å². The molecule has 7 nitrogen and oxygen atoms in total. The molecule has 5 rings (SSSR count). The molecule has 1 fully saturated rings. The van der Waals surface area contributed by atoms with Crippen molar-refractivity contribution in [3.05, 3.63) is 60.7 Å². The molecule has 0 atom stereocenters. The summed E-state index contributed by atoms with van der Waals surface area (Å²) in [5.41, 5.74) is 0.516. The number of carbonyl (C=O) groups is 1. The highest BCUT2D eigenvalue weighted by Crippen LogP contribution is 2.33. The van der Waals surface area contributed by atoms with Gasteiger partial charge < -0.3 is 14.5 Å². The van der Waals surface area contributed by atoms with Crippen LogP contribution in [0.4, 0.5) is 5.13 Å². The lowest BCUT2D eigenvalue weighted by atomic mass is 10.1. The normalized spacial score (nSPS) is 14.7. The van der Waals surface area contributed by atoms with Gasteiger partial charge >= 0.3 is 0 Å². The van der Waals surface area contributed by atoms with Crippen molar-refractivity contribution in [1.82, 2.24) is 9.88 Å². The highest BCUT2D eigenvalue weighted by molar-refractivity contribution is 7.91. The summed E-state index contributed by atoms with van der Waals surface area (Å²) in [6.45, 7) is 2.40. The molecule has 4 aromatic rings. The molecule has 0 bridgehead atoms. The quantitative estimate of drug-likeness (QED) is 0.434. The summed E-state index contributed by atoms with van der Waals surface area (Å²) in [5, 5.41) is 2.98. The topological polar surface area (TPSA) is 79.8 Å². The average Bonchev–Trinajstić information content (AvgIpc) is 3.26. The summed E-state index contributed by atoms with van der Waals surface area (Å²) in [6.07, 6.45) is 1.20. The van der Waals surface area contributed by atoms with Gasteiger partial charge in [0, 0.05) is 32.4 Å². The van der Waals surface area contributed by atoms with Gasteiger partial charge in [-0.15, -0.1) is 0 Å². The van der Waals surface area contributed by atoms with Gasteiger partial charge in [0.1, 0.15) is 11.3 Å². The molecule has 1 aromatic heterocycles. The minimum Gasteiger partial charge on any atom is -0.484 e. The van der Waals surface area contributed by atoms with E-state index >= 15 is 0 Å². The Morgan fingerprint density at radius 3 is 2.52 bits per heavy atom. The van der Waals surface area contributed by atoms with Gasteiger partial charge in [0.2, 0.25) is 0 Å². The van der Waals surface area contributed by atoms with Crippen molar-refractivity contribution >= 4 is 53.2 Å². The van der Waals surface area contributed by atoms with E-state index in [-0.39, 0.29) is 17.4 Å². The largest absolute Gasteiger partial charge is 0.484 e. The number of hydrogen-bond donors (Lipinski definition) is 0. The van der Waals surface area contributed by atoms with Gasteiger partial charge in [0.25, 0.3) is 5.91 Å². The lowest BCUT2D eigenvalue weighted by Gasteiger charge is -2.34. The van der Waals surface area contributed by atoms with Gasteiger partial charge in [0.05, 0.1) is 9.60 Å². The molecule has 0 radical (unpaired) electrons. The zero-order valence-electron chi connectivity index (χ0n) is 18.1. The SMILES string of the molecule is CS(=O)(=O)c1cccc2sc(N3CCN(C(=O)COc4ccc5ccccc5c4)CC3)nc12. The van der Waals surface area contributed by atoms with E-state index in [1.54, 1.807) is 17.0 Å². The van der Waals surface area contributed by atoms with E-state index in [4.69, 9.17) is 4.74 Å². The Labute approximate surface area is 196 Å². The monoisotopic (exact) mass is 481 g/mol. The molecule has 3 aromatic carbocycles. The molecule has 170 valence electrons. The van der Waals surface area contributed by atoms with E-state index in [9.17, 15) is 13.2 Å². The number of fused-ring (bicyclic) bond motifs is 2. The van der Waals surface area contributed by atoms with Crippen molar-refractivity contribution in [2.45, 2.75) is 4.90 Å². The fourth-order valence-corrected chi connectivity index (χ4v) is 5.93. The minimum absolute atomic E-state index is 0.00278. The van der Waals surface area contributed by atoms with E-state index in [1.165, 1.54) is 17.6 Å². The molecule has 1 saturated heterocycles. The molecule has 0 unspecified atom stereocenters. The maximum Gasteiger partial charge on any atom is 0.260 e. The molecular formula is C24H23N3O4S2. The number of piperazine rings is 1. The van der Waals surface area contributed by atoms with Gasteiger partial charge in [0.15, 0.2) is 21.6 Å². The Morgan fingerprint density at radius 2 is 1.76 bits per heavy atom.